The summed E-state index contributed by atoms with van der Waals surface area (Å²) in [4.78, 5) is 5.02. The summed E-state index contributed by atoms with van der Waals surface area (Å²) in [6.07, 6.45) is 2.51. The van der Waals surface area contributed by atoms with E-state index in [2.05, 4.69) is 48.9 Å². The summed E-state index contributed by atoms with van der Waals surface area (Å²) in [7, 11) is 2.22. The molecule has 2 nitrogen and oxygen atoms in total. The first-order chi connectivity index (χ1) is 8.66. The van der Waals surface area contributed by atoms with Gasteiger partial charge in [0.2, 0.25) is 0 Å². The summed E-state index contributed by atoms with van der Waals surface area (Å²) in [6, 6.07) is 6.68. The first kappa shape index (κ1) is 13.6. The Kier molecular flexibility index (Phi) is 4.79. The third-order valence-electron chi connectivity index (χ3n) is 4.23. The second-order valence-electron chi connectivity index (χ2n) is 5.61. The summed E-state index contributed by atoms with van der Waals surface area (Å²) >= 11 is 0. The van der Waals surface area contributed by atoms with Crippen LogP contribution < -0.4 is 0 Å². The van der Waals surface area contributed by atoms with Crippen molar-refractivity contribution in [3.63, 3.8) is 0 Å². The van der Waals surface area contributed by atoms with E-state index in [0.717, 1.165) is 0 Å². The lowest BCUT2D eigenvalue weighted by Gasteiger charge is -2.32. The maximum atomic E-state index is 2.60. The monoisotopic (exact) mass is 246 g/mol. The molecule has 0 atom stereocenters. The van der Waals surface area contributed by atoms with Gasteiger partial charge in [-0.05, 0) is 57.0 Å². The fourth-order valence-corrected chi connectivity index (χ4v) is 2.65. The molecule has 0 spiro atoms. The Morgan fingerprint density at radius 2 is 1.78 bits per heavy atom. The Bertz CT molecular complexity index is 379. The van der Waals surface area contributed by atoms with Crippen molar-refractivity contribution in [1.29, 1.82) is 0 Å². The molecular weight excluding hydrogens is 220 g/mol. The van der Waals surface area contributed by atoms with Gasteiger partial charge in [-0.3, -0.25) is 0 Å². The molecule has 0 bridgehead atoms. The van der Waals surface area contributed by atoms with Gasteiger partial charge in [0.25, 0.3) is 0 Å². The minimum Gasteiger partial charge on any atom is -0.304 e. The first-order valence-corrected chi connectivity index (χ1v) is 7.13. The van der Waals surface area contributed by atoms with Crippen LogP contribution in [0.5, 0.6) is 0 Å². The van der Waals surface area contributed by atoms with Gasteiger partial charge >= 0.3 is 0 Å². The maximum Gasteiger partial charge on any atom is 0.0110 e. The van der Waals surface area contributed by atoms with Gasteiger partial charge in [-0.15, -0.1) is 0 Å². The average molecular weight is 246 g/mol. The van der Waals surface area contributed by atoms with E-state index in [1.165, 1.54) is 62.3 Å². The van der Waals surface area contributed by atoms with Crippen LogP contribution in [0.25, 0.3) is 0 Å². The zero-order valence-corrected chi connectivity index (χ0v) is 12.1. The molecule has 1 aliphatic heterocycles. The highest BCUT2D eigenvalue weighted by Crippen LogP contribution is 2.14. The van der Waals surface area contributed by atoms with Crippen LogP contribution in [0.15, 0.2) is 18.2 Å². The summed E-state index contributed by atoms with van der Waals surface area (Å²) in [6.45, 7) is 10.6. The van der Waals surface area contributed by atoms with Crippen molar-refractivity contribution >= 4 is 0 Å². The van der Waals surface area contributed by atoms with E-state index in [9.17, 15) is 0 Å². The van der Waals surface area contributed by atoms with Gasteiger partial charge in [0, 0.05) is 26.2 Å². The smallest absolute Gasteiger partial charge is 0.0110 e. The van der Waals surface area contributed by atoms with Crippen LogP contribution in [0.1, 0.15) is 23.1 Å². The molecular formula is C16H26N2. The van der Waals surface area contributed by atoms with Gasteiger partial charge in [0.1, 0.15) is 0 Å². The van der Waals surface area contributed by atoms with E-state index in [4.69, 9.17) is 0 Å². The molecule has 1 aromatic rings. The SMILES string of the molecule is Cc1cccc(CCCN2CCN(C)CC2)c1C. The van der Waals surface area contributed by atoms with Crippen molar-refractivity contribution < 1.29 is 0 Å². The van der Waals surface area contributed by atoms with Crippen LogP contribution in [-0.2, 0) is 6.42 Å². The van der Waals surface area contributed by atoms with Crippen molar-refractivity contribution in [3.8, 4) is 0 Å². The maximum absolute atomic E-state index is 2.60. The summed E-state index contributed by atoms with van der Waals surface area (Å²) < 4.78 is 0. The highest BCUT2D eigenvalue weighted by Gasteiger charge is 2.12. The van der Waals surface area contributed by atoms with E-state index in [1.807, 2.05) is 0 Å². The van der Waals surface area contributed by atoms with Crippen molar-refractivity contribution in [3.05, 3.63) is 34.9 Å². The third kappa shape index (κ3) is 3.56. The summed E-state index contributed by atoms with van der Waals surface area (Å²) in [5.41, 5.74) is 4.44. The highest BCUT2D eigenvalue weighted by atomic mass is 15.2. The molecule has 0 saturated carbocycles. The van der Waals surface area contributed by atoms with Crippen LogP contribution in [0, 0.1) is 13.8 Å². The normalized spacial score (nSPS) is 18.2. The standard InChI is InChI=1S/C16H26N2/c1-14-6-4-7-16(15(14)2)8-5-9-18-12-10-17(3)11-13-18/h4,6-7H,5,8-13H2,1-3H3. The second-order valence-corrected chi connectivity index (χ2v) is 5.61. The highest BCUT2D eigenvalue weighted by molar-refractivity contribution is 5.33. The van der Waals surface area contributed by atoms with Crippen molar-refractivity contribution in [1.82, 2.24) is 9.80 Å². The zero-order valence-electron chi connectivity index (χ0n) is 12.1. The van der Waals surface area contributed by atoms with Crippen molar-refractivity contribution in [2.24, 2.45) is 0 Å². The quantitative estimate of drug-likeness (QED) is 0.805. The number of nitrogens with zero attached hydrogens (tertiary/aromatic N) is 2. The lowest BCUT2D eigenvalue weighted by molar-refractivity contribution is 0.153. The number of hydrogen-bond acceptors (Lipinski definition) is 2. The Balaban J connectivity index is 1.77. The first-order valence-electron chi connectivity index (χ1n) is 7.13. The van der Waals surface area contributed by atoms with Crippen LogP contribution >= 0.6 is 0 Å². The minimum absolute atomic E-state index is 1.22. The summed E-state index contributed by atoms with van der Waals surface area (Å²) in [5, 5.41) is 0. The Morgan fingerprint density at radius 1 is 1.06 bits per heavy atom. The van der Waals surface area contributed by atoms with Gasteiger partial charge in [0.05, 0.1) is 0 Å². The van der Waals surface area contributed by atoms with Crippen molar-refractivity contribution in [2.75, 3.05) is 39.8 Å². The molecule has 0 unspecified atom stereocenters. The molecule has 1 heterocycles. The molecule has 0 aromatic heterocycles. The van der Waals surface area contributed by atoms with Gasteiger partial charge in [-0.2, -0.15) is 0 Å². The van der Waals surface area contributed by atoms with Crippen LogP contribution in [0.2, 0.25) is 0 Å². The number of aryl methyl sites for hydroxylation is 2. The van der Waals surface area contributed by atoms with E-state index >= 15 is 0 Å². The van der Waals surface area contributed by atoms with E-state index < -0.39 is 0 Å². The average Bonchev–Trinajstić information content (AvgIpc) is 2.37. The molecule has 1 fully saturated rings. The molecule has 1 aliphatic rings. The molecule has 18 heavy (non-hydrogen) atoms. The largest absolute Gasteiger partial charge is 0.304 e. The number of likely N-dealkylation sites (N-methyl/N-ethyl adjacent to an activating group) is 1. The van der Waals surface area contributed by atoms with Gasteiger partial charge in [0.15, 0.2) is 0 Å². The Morgan fingerprint density at radius 3 is 2.50 bits per heavy atom. The molecule has 0 radical (unpaired) electrons. The molecule has 0 N–H and O–H groups in total. The molecule has 1 saturated heterocycles. The molecule has 100 valence electrons. The molecule has 0 amide bonds. The van der Waals surface area contributed by atoms with Crippen molar-refractivity contribution in [2.45, 2.75) is 26.7 Å². The number of rotatable bonds is 4. The minimum atomic E-state index is 1.22. The van der Waals surface area contributed by atoms with Gasteiger partial charge in [-0.25, -0.2) is 0 Å². The van der Waals surface area contributed by atoms with E-state index in [0.29, 0.717) is 0 Å². The molecule has 2 rings (SSSR count). The zero-order chi connectivity index (χ0) is 13.0. The topological polar surface area (TPSA) is 6.48 Å². The number of benzene rings is 1. The van der Waals surface area contributed by atoms with E-state index in [1.54, 1.807) is 0 Å². The Hall–Kier alpha value is -0.860. The summed E-state index contributed by atoms with van der Waals surface area (Å²) in [5.74, 6) is 0. The second kappa shape index (κ2) is 6.35. The van der Waals surface area contributed by atoms with Crippen LogP contribution in [0.3, 0.4) is 0 Å². The van der Waals surface area contributed by atoms with Crippen LogP contribution in [0.4, 0.5) is 0 Å². The van der Waals surface area contributed by atoms with Gasteiger partial charge in [-0.1, -0.05) is 18.2 Å². The lowest BCUT2D eigenvalue weighted by Crippen LogP contribution is -2.44. The molecule has 2 heteroatoms. The number of piperazine rings is 1. The van der Waals surface area contributed by atoms with E-state index in [-0.39, 0.29) is 0 Å². The molecule has 1 aromatic carbocycles. The number of hydrogen-bond donors (Lipinski definition) is 0. The lowest BCUT2D eigenvalue weighted by atomic mass is 10.00. The fourth-order valence-electron chi connectivity index (χ4n) is 2.65. The Labute approximate surface area is 112 Å². The van der Waals surface area contributed by atoms with Gasteiger partial charge < -0.3 is 9.80 Å². The van der Waals surface area contributed by atoms with Crippen LogP contribution in [-0.4, -0.2) is 49.6 Å². The predicted molar refractivity (Wildman–Crippen MR) is 78.2 cm³/mol. The third-order valence-corrected chi connectivity index (χ3v) is 4.23. The molecule has 0 aliphatic carbocycles. The predicted octanol–water partition coefficient (Wildman–Crippen LogP) is 2.48. The fraction of sp³-hybridized carbons (Fsp3) is 0.625.